The fourth-order valence-electron chi connectivity index (χ4n) is 4.63. The molecule has 4 rings (SSSR count). The van der Waals surface area contributed by atoms with Gasteiger partial charge in [0.25, 0.3) is 11.9 Å². The maximum absolute atomic E-state index is 13.9. The van der Waals surface area contributed by atoms with Gasteiger partial charge in [0.1, 0.15) is 0 Å². The zero-order valence-electron chi connectivity index (χ0n) is 20.6. The summed E-state index contributed by atoms with van der Waals surface area (Å²) in [5.41, 5.74) is -1.30. The van der Waals surface area contributed by atoms with E-state index in [1.807, 2.05) is 0 Å². The van der Waals surface area contributed by atoms with E-state index < -0.39 is 42.6 Å². The first-order chi connectivity index (χ1) is 18.5. The summed E-state index contributed by atoms with van der Waals surface area (Å²) >= 11 is 0. The van der Waals surface area contributed by atoms with Crippen LogP contribution in [0, 0.1) is 0 Å². The fraction of sp³-hybridized carbons (Fsp3) is 0.400. The molecule has 1 fully saturated rings. The molecule has 9 nitrogen and oxygen atoms in total. The molecule has 14 heteroatoms. The van der Waals surface area contributed by atoms with Gasteiger partial charge in [-0.3, -0.25) is 19.4 Å². The van der Waals surface area contributed by atoms with Crippen molar-refractivity contribution in [1.82, 2.24) is 24.6 Å². The highest BCUT2D eigenvalue weighted by Crippen LogP contribution is 2.38. The molecule has 0 unspecified atom stereocenters. The van der Waals surface area contributed by atoms with Crippen LogP contribution in [-0.2, 0) is 15.8 Å². The Labute approximate surface area is 219 Å². The van der Waals surface area contributed by atoms with Crippen LogP contribution < -0.4 is 4.90 Å². The van der Waals surface area contributed by atoms with Gasteiger partial charge >= 0.3 is 12.1 Å². The molecule has 1 aliphatic rings. The maximum Gasteiger partial charge on any atom is 0.417 e. The highest BCUT2D eigenvalue weighted by molar-refractivity contribution is 5.79. The van der Waals surface area contributed by atoms with E-state index in [4.69, 9.17) is 0 Å². The second kappa shape index (κ2) is 11.4. The van der Waals surface area contributed by atoms with Gasteiger partial charge in [-0.1, -0.05) is 18.2 Å². The second-order valence-corrected chi connectivity index (χ2v) is 9.18. The zero-order valence-corrected chi connectivity index (χ0v) is 20.6. The SMILES string of the molecule is O=CN(c1cc(-c2ccccc2C(F)(F)F)n(-c2ncccn2)n1)[C@@H](CCN1CCCC(F)(F)C1)CC(=O)O. The molecule has 1 atom stereocenters. The molecule has 3 heterocycles. The van der Waals surface area contributed by atoms with E-state index >= 15 is 0 Å². The van der Waals surface area contributed by atoms with Crippen LogP contribution in [0.3, 0.4) is 0 Å². The van der Waals surface area contributed by atoms with E-state index in [2.05, 4.69) is 15.1 Å². The molecular weight excluding hydrogens is 527 g/mol. The number of carbonyl (C=O) groups is 2. The molecule has 1 saturated heterocycles. The number of aromatic nitrogens is 4. The number of nitrogens with zero attached hydrogens (tertiary/aromatic N) is 6. The third kappa shape index (κ3) is 6.74. The van der Waals surface area contributed by atoms with Gasteiger partial charge in [0.2, 0.25) is 6.41 Å². The lowest BCUT2D eigenvalue weighted by molar-refractivity contribution is -0.138. The number of carboxylic acid groups (broad SMARTS) is 1. The van der Waals surface area contributed by atoms with Crippen LogP contribution in [-0.4, -0.2) is 73.7 Å². The molecule has 39 heavy (non-hydrogen) atoms. The molecule has 0 bridgehead atoms. The van der Waals surface area contributed by atoms with Gasteiger partial charge in [0.15, 0.2) is 5.82 Å². The predicted octanol–water partition coefficient (Wildman–Crippen LogP) is 4.28. The van der Waals surface area contributed by atoms with Gasteiger partial charge in [-0.05, 0) is 31.5 Å². The number of likely N-dealkylation sites (tertiary alicyclic amines) is 1. The van der Waals surface area contributed by atoms with Gasteiger partial charge in [-0.15, -0.1) is 5.10 Å². The largest absolute Gasteiger partial charge is 0.481 e. The fourth-order valence-corrected chi connectivity index (χ4v) is 4.63. The summed E-state index contributed by atoms with van der Waals surface area (Å²) < 4.78 is 70.3. The average molecular weight is 553 g/mol. The Kier molecular flexibility index (Phi) is 8.23. The van der Waals surface area contributed by atoms with Crippen LogP contribution in [0.4, 0.5) is 27.8 Å². The number of rotatable bonds is 10. The minimum atomic E-state index is -4.71. The Morgan fingerprint density at radius 1 is 1.18 bits per heavy atom. The van der Waals surface area contributed by atoms with Crippen molar-refractivity contribution < 1.29 is 36.6 Å². The molecule has 0 spiro atoms. The molecule has 1 aromatic carbocycles. The number of aliphatic carboxylic acids is 1. The number of piperidine rings is 1. The number of hydrogen-bond donors (Lipinski definition) is 1. The first-order valence-corrected chi connectivity index (χ1v) is 12.1. The van der Waals surface area contributed by atoms with Crippen LogP contribution in [0.2, 0.25) is 0 Å². The lowest BCUT2D eigenvalue weighted by atomic mass is 10.0. The van der Waals surface area contributed by atoms with Gasteiger partial charge in [-0.25, -0.2) is 18.7 Å². The molecule has 0 radical (unpaired) electrons. The summed E-state index contributed by atoms with van der Waals surface area (Å²) in [6, 6.07) is 6.49. The first kappa shape index (κ1) is 28.1. The van der Waals surface area contributed by atoms with Crippen LogP contribution >= 0.6 is 0 Å². The minimum absolute atomic E-state index is 0.0181. The van der Waals surface area contributed by atoms with E-state index in [9.17, 15) is 36.6 Å². The number of anilines is 1. The average Bonchev–Trinajstić information content (AvgIpc) is 3.32. The molecule has 2 aromatic heterocycles. The molecule has 3 aromatic rings. The monoisotopic (exact) mass is 552 g/mol. The first-order valence-electron chi connectivity index (χ1n) is 12.1. The lowest BCUT2D eigenvalue weighted by Crippen LogP contribution is -2.45. The number of amides is 1. The van der Waals surface area contributed by atoms with Crippen LogP contribution in [0.1, 0.15) is 31.2 Å². The summed E-state index contributed by atoms with van der Waals surface area (Å²) in [5, 5.41) is 13.8. The smallest absolute Gasteiger partial charge is 0.417 e. The molecule has 1 amide bonds. The Morgan fingerprint density at radius 3 is 2.54 bits per heavy atom. The van der Waals surface area contributed by atoms with Crippen LogP contribution in [0.5, 0.6) is 0 Å². The standard InChI is InChI=1S/C25H25F5N6O3/c26-24(27)8-3-11-34(15-24)12-7-17(13-22(38)39)35(16-37)21-14-20(36(33-21)23-31-9-4-10-32-23)18-5-1-2-6-19(18)25(28,29)30/h1-2,4-6,9-10,14,16-17H,3,7-8,11-13,15H2,(H,38,39)/t17-/m0/s1. The highest BCUT2D eigenvalue weighted by atomic mass is 19.4. The van der Waals surface area contributed by atoms with Crippen molar-refractivity contribution in [3.8, 4) is 17.2 Å². The normalized spacial score (nSPS) is 16.5. The van der Waals surface area contributed by atoms with Crippen molar-refractivity contribution in [3.63, 3.8) is 0 Å². The number of alkyl halides is 5. The van der Waals surface area contributed by atoms with Gasteiger partial charge in [0.05, 0.1) is 24.2 Å². The van der Waals surface area contributed by atoms with Gasteiger partial charge in [-0.2, -0.15) is 17.9 Å². The number of carbonyl (C=O) groups excluding carboxylic acids is 1. The zero-order chi connectivity index (χ0) is 28.2. The summed E-state index contributed by atoms with van der Waals surface area (Å²) in [7, 11) is 0. The van der Waals surface area contributed by atoms with E-state index in [-0.39, 0.29) is 48.8 Å². The van der Waals surface area contributed by atoms with E-state index in [1.165, 1.54) is 47.6 Å². The quantitative estimate of drug-likeness (QED) is 0.296. The van der Waals surface area contributed by atoms with Crippen molar-refractivity contribution in [2.75, 3.05) is 24.5 Å². The van der Waals surface area contributed by atoms with Crippen molar-refractivity contribution in [2.45, 2.75) is 43.8 Å². The molecule has 0 saturated carbocycles. The topological polar surface area (TPSA) is 104 Å². The van der Waals surface area contributed by atoms with Crippen molar-refractivity contribution >= 4 is 18.2 Å². The van der Waals surface area contributed by atoms with Gasteiger partial charge in [0, 0.05) is 43.0 Å². The Balaban J connectivity index is 1.74. The molecule has 0 aliphatic carbocycles. The number of halogens is 5. The summed E-state index contributed by atoms with van der Waals surface area (Å²) in [5.74, 6) is -4.32. The third-order valence-corrected chi connectivity index (χ3v) is 6.38. The third-order valence-electron chi connectivity index (χ3n) is 6.38. The summed E-state index contributed by atoms with van der Waals surface area (Å²) in [4.78, 5) is 34.5. The Morgan fingerprint density at radius 2 is 1.90 bits per heavy atom. The molecule has 1 aliphatic heterocycles. The number of carboxylic acids is 1. The molecule has 208 valence electrons. The van der Waals surface area contributed by atoms with Gasteiger partial charge < -0.3 is 5.11 Å². The van der Waals surface area contributed by atoms with E-state index in [0.717, 1.165) is 15.6 Å². The predicted molar refractivity (Wildman–Crippen MR) is 129 cm³/mol. The maximum atomic E-state index is 13.9. The molecular formula is C25H25F5N6O3. The minimum Gasteiger partial charge on any atom is -0.481 e. The van der Waals surface area contributed by atoms with Crippen molar-refractivity contribution in [3.05, 3.63) is 54.4 Å². The summed E-state index contributed by atoms with van der Waals surface area (Å²) in [6.45, 7) is 0.00515. The number of hydrogen-bond acceptors (Lipinski definition) is 6. The van der Waals surface area contributed by atoms with E-state index in [1.54, 1.807) is 0 Å². The lowest BCUT2D eigenvalue weighted by Gasteiger charge is -2.34. The van der Waals surface area contributed by atoms with E-state index in [0.29, 0.717) is 13.0 Å². The Bertz CT molecular complexity index is 1300. The second-order valence-electron chi connectivity index (χ2n) is 9.18. The molecule has 1 N–H and O–H groups in total. The van der Waals surface area contributed by atoms with Crippen molar-refractivity contribution in [2.24, 2.45) is 0 Å². The van der Waals surface area contributed by atoms with Crippen molar-refractivity contribution in [1.29, 1.82) is 0 Å². The van der Waals surface area contributed by atoms with Crippen LogP contribution in [0.25, 0.3) is 17.2 Å². The van der Waals surface area contributed by atoms with Crippen LogP contribution in [0.15, 0.2) is 48.8 Å². The Hall–Kier alpha value is -3.94. The summed E-state index contributed by atoms with van der Waals surface area (Å²) in [6.07, 6.45) is -2.13. The highest BCUT2D eigenvalue weighted by Gasteiger charge is 2.37. The number of benzene rings is 1.